The number of carbonyl (C=O) groups excluding carboxylic acids is 2. The first kappa shape index (κ1) is 19.9. The molecule has 0 aliphatic rings. The number of para-hydroxylation sites is 1. The zero-order valence-corrected chi connectivity index (χ0v) is 15.9. The Morgan fingerprint density at radius 3 is 2.34 bits per heavy atom. The number of aromatic nitrogens is 1. The molecule has 2 amide bonds. The number of hydrogen-bond acceptors (Lipinski definition) is 4. The van der Waals surface area contributed by atoms with Crippen LogP contribution in [0.3, 0.4) is 0 Å². The fourth-order valence-electron chi connectivity index (χ4n) is 2.76. The summed E-state index contributed by atoms with van der Waals surface area (Å²) in [5.41, 5.74) is 6.02. The number of amides is 2. The minimum absolute atomic E-state index is 0.222. The van der Waals surface area contributed by atoms with Crippen LogP contribution in [0.4, 0.5) is 0 Å². The highest BCUT2D eigenvalue weighted by atomic mass is 16.5. The highest BCUT2D eigenvalue weighted by Crippen LogP contribution is 2.17. The summed E-state index contributed by atoms with van der Waals surface area (Å²) >= 11 is 0. The number of hydrogen-bond donors (Lipinski definition) is 2. The lowest BCUT2D eigenvalue weighted by Gasteiger charge is -2.12. The topological polar surface area (TPSA) is 89.4 Å². The zero-order chi connectivity index (χ0) is 20.6. The normalized spacial score (nSPS) is 10.2. The van der Waals surface area contributed by atoms with E-state index >= 15 is 0 Å². The molecule has 2 N–H and O–H groups in total. The average molecular weight is 391 g/mol. The summed E-state index contributed by atoms with van der Waals surface area (Å²) in [6, 6.07) is 18.9. The van der Waals surface area contributed by atoms with Crippen molar-refractivity contribution in [3.63, 3.8) is 0 Å². The van der Waals surface area contributed by atoms with Crippen LogP contribution >= 0.6 is 0 Å². The molecule has 1 heterocycles. The standard InChI is InChI=1S/C22H21N3O4/c1-2-29-19-11-7-6-10-18(19)22(28)24-23-21(27)17-12-13-20(26)25(15-17)14-16-8-4-3-5-9-16/h3-13,15H,2,14H2,1H3,(H,23,27)(H,24,28). The summed E-state index contributed by atoms with van der Waals surface area (Å²) in [4.78, 5) is 36.9. The van der Waals surface area contributed by atoms with Crippen LogP contribution in [0.2, 0.25) is 0 Å². The van der Waals surface area contributed by atoms with Crippen molar-refractivity contribution in [2.75, 3.05) is 6.61 Å². The predicted octanol–water partition coefficient (Wildman–Crippen LogP) is 2.37. The molecule has 0 aliphatic heterocycles. The van der Waals surface area contributed by atoms with E-state index in [9.17, 15) is 14.4 Å². The van der Waals surface area contributed by atoms with Gasteiger partial charge in [-0.1, -0.05) is 42.5 Å². The van der Waals surface area contributed by atoms with Gasteiger partial charge in [0.1, 0.15) is 5.75 Å². The molecule has 7 heteroatoms. The van der Waals surface area contributed by atoms with Gasteiger partial charge in [0.15, 0.2) is 0 Å². The van der Waals surface area contributed by atoms with Gasteiger partial charge in [0, 0.05) is 12.3 Å². The third kappa shape index (κ3) is 5.10. The first-order chi connectivity index (χ1) is 14.1. The first-order valence-electron chi connectivity index (χ1n) is 9.15. The molecule has 0 spiro atoms. The quantitative estimate of drug-likeness (QED) is 0.632. The Labute approximate surface area is 167 Å². The lowest BCUT2D eigenvalue weighted by molar-refractivity contribution is 0.0844. The Morgan fingerprint density at radius 2 is 1.59 bits per heavy atom. The zero-order valence-electron chi connectivity index (χ0n) is 15.9. The van der Waals surface area contributed by atoms with Gasteiger partial charge in [0.05, 0.1) is 24.3 Å². The van der Waals surface area contributed by atoms with Gasteiger partial charge in [0.2, 0.25) is 0 Å². The van der Waals surface area contributed by atoms with Gasteiger partial charge >= 0.3 is 0 Å². The Hall–Kier alpha value is -3.87. The third-order valence-electron chi connectivity index (χ3n) is 4.16. The van der Waals surface area contributed by atoms with E-state index in [4.69, 9.17) is 4.74 Å². The van der Waals surface area contributed by atoms with Crippen LogP contribution in [0.25, 0.3) is 0 Å². The van der Waals surface area contributed by atoms with Crippen LogP contribution in [0.15, 0.2) is 77.7 Å². The molecule has 148 valence electrons. The van der Waals surface area contributed by atoms with Gasteiger partial charge in [-0.15, -0.1) is 0 Å². The Bertz CT molecular complexity index is 1060. The molecule has 0 saturated heterocycles. The van der Waals surface area contributed by atoms with E-state index in [1.165, 1.54) is 22.9 Å². The smallest absolute Gasteiger partial charge is 0.273 e. The van der Waals surface area contributed by atoms with Gasteiger partial charge in [-0.05, 0) is 30.7 Å². The molecule has 0 radical (unpaired) electrons. The number of nitrogens with one attached hydrogen (secondary N) is 2. The van der Waals surface area contributed by atoms with Crippen LogP contribution < -0.4 is 21.1 Å². The van der Waals surface area contributed by atoms with Crippen LogP contribution in [0, 0.1) is 0 Å². The van der Waals surface area contributed by atoms with E-state index in [0.717, 1.165) is 5.56 Å². The Kier molecular flexibility index (Phi) is 6.42. The monoisotopic (exact) mass is 391 g/mol. The number of rotatable bonds is 6. The van der Waals surface area contributed by atoms with E-state index in [2.05, 4.69) is 10.9 Å². The molecule has 3 aromatic rings. The number of ether oxygens (including phenoxy) is 1. The molecule has 29 heavy (non-hydrogen) atoms. The molecule has 0 aliphatic carbocycles. The first-order valence-corrected chi connectivity index (χ1v) is 9.15. The molecule has 0 atom stereocenters. The minimum atomic E-state index is -0.533. The molecule has 1 aromatic heterocycles. The van der Waals surface area contributed by atoms with Gasteiger partial charge < -0.3 is 9.30 Å². The lowest BCUT2D eigenvalue weighted by atomic mass is 10.2. The molecule has 2 aromatic carbocycles. The maximum absolute atomic E-state index is 12.4. The number of nitrogens with zero attached hydrogens (tertiary/aromatic N) is 1. The number of benzene rings is 2. The van der Waals surface area contributed by atoms with E-state index < -0.39 is 11.8 Å². The van der Waals surface area contributed by atoms with Crippen molar-refractivity contribution in [2.45, 2.75) is 13.5 Å². The fraction of sp³-hybridized carbons (Fsp3) is 0.136. The summed E-state index contributed by atoms with van der Waals surface area (Å²) in [7, 11) is 0. The van der Waals surface area contributed by atoms with Crippen molar-refractivity contribution in [1.29, 1.82) is 0 Å². The van der Waals surface area contributed by atoms with Crippen LogP contribution in [0.5, 0.6) is 5.75 Å². The highest BCUT2D eigenvalue weighted by Gasteiger charge is 2.14. The minimum Gasteiger partial charge on any atom is -0.493 e. The lowest BCUT2D eigenvalue weighted by Crippen LogP contribution is -2.42. The fourth-order valence-corrected chi connectivity index (χ4v) is 2.76. The van der Waals surface area contributed by atoms with E-state index in [0.29, 0.717) is 24.5 Å². The second-order valence-corrected chi connectivity index (χ2v) is 6.21. The predicted molar refractivity (Wildman–Crippen MR) is 109 cm³/mol. The van der Waals surface area contributed by atoms with Gasteiger partial charge in [-0.3, -0.25) is 25.2 Å². The molecular weight excluding hydrogens is 370 g/mol. The van der Waals surface area contributed by atoms with E-state index in [1.54, 1.807) is 24.3 Å². The summed E-state index contributed by atoms with van der Waals surface area (Å²) in [5, 5.41) is 0. The second-order valence-electron chi connectivity index (χ2n) is 6.21. The summed E-state index contributed by atoms with van der Waals surface area (Å²) in [6.45, 7) is 2.58. The second kappa shape index (κ2) is 9.36. The van der Waals surface area contributed by atoms with Crippen molar-refractivity contribution >= 4 is 11.8 Å². The van der Waals surface area contributed by atoms with Crippen molar-refractivity contribution in [3.8, 4) is 5.75 Å². The Morgan fingerprint density at radius 1 is 0.897 bits per heavy atom. The van der Waals surface area contributed by atoms with Crippen LogP contribution in [0.1, 0.15) is 33.2 Å². The SMILES string of the molecule is CCOc1ccccc1C(=O)NNC(=O)c1ccc(=O)n(Cc2ccccc2)c1. The number of carbonyl (C=O) groups is 2. The molecule has 0 saturated carbocycles. The van der Waals surface area contributed by atoms with Crippen molar-refractivity contribution < 1.29 is 14.3 Å². The molecule has 7 nitrogen and oxygen atoms in total. The summed E-state index contributed by atoms with van der Waals surface area (Å²) in [5.74, 6) is -0.604. The number of hydrazine groups is 1. The van der Waals surface area contributed by atoms with Crippen molar-refractivity contribution in [1.82, 2.24) is 15.4 Å². The van der Waals surface area contributed by atoms with E-state index in [-0.39, 0.29) is 11.1 Å². The maximum Gasteiger partial charge on any atom is 0.273 e. The highest BCUT2D eigenvalue weighted by molar-refractivity contribution is 6.00. The maximum atomic E-state index is 12.4. The third-order valence-corrected chi connectivity index (χ3v) is 4.16. The van der Waals surface area contributed by atoms with E-state index in [1.807, 2.05) is 37.3 Å². The molecule has 0 unspecified atom stereocenters. The van der Waals surface area contributed by atoms with Gasteiger partial charge in [-0.2, -0.15) is 0 Å². The van der Waals surface area contributed by atoms with Crippen LogP contribution in [-0.4, -0.2) is 23.0 Å². The number of pyridine rings is 1. The molecule has 3 rings (SSSR count). The van der Waals surface area contributed by atoms with Crippen molar-refractivity contribution in [2.24, 2.45) is 0 Å². The summed E-state index contributed by atoms with van der Waals surface area (Å²) in [6.07, 6.45) is 1.46. The van der Waals surface area contributed by atoms with Crippen molar-refractivity contribution in [3.05, 3.63) is 100.0 Å². The largest absolute Gasteiger partial charge is 0.493 e. The Balaban J connectivity index is 1.69. The molecule has 0 bridgehead atoms. The summed E-state index contributed by atoms with van der Waals surface area (Å²) < 4.78 is 6.86. The average Bonchev–Trinajstić information content (AvgIpc) is 2.74. The van der Waals surface area contributed by atoms with Crippen LogP contribution in [-0.2, 0) is 6.54 Å². The van der Waals surface area contributed by atoms with Gasteiger partial charge in [0.25, 0.3) is 17.4 Å². The molecular formula is C22H21N3O4. The van der Waals surface area contributed by atoms with Gasteiger partial charge in [-0.25, -0.2) is 0 Å². The molecule has 0 fully saturated rings.